The molecule has 9 bridgehead atoms. The van der Waals surface area contributed by atoms with E-state index in [1.807, 2.05) is 0 Å². The molecule has 7 amide bonds. The molecule has 2 fully saturated rings. The summed E-state index contributed by atoms with van der Waals surface area (Å²) in [6.45, 7) is 5.51. The monoisotopic (exact) mass is 1530 g/mol. The van der Waals surface area contributed by atoms with E-state index in [0.29, 0.717) is 6.07 Å². The number of carbonyl (C=O) groups excluding carboxylic acids is 7. The molecule has 7 aliphatic heterocycles. The molecule has 0 aromatic heterocycles. The van der Waals surface area contributed by atoms with Gasteiger partial charge in [0.2, 0.25) is 53.4 Å². The fourth-order valence-electron chi connectivity index (χ4n) is 12.8. The van der Waals surface area contributed by atoms with Crippen molar-refractivity contribution in [3.05, 3.63) is 117 Å². The molecule has 566 valence electrons. The normalized spacial score (nSPS) is 28.9. The molecule has 7 aliphatic rings. The van der Waals surface area contributed by atoms with E-state index in [0.717, 1.165) is 66.7 Å². The second-order valence-electron chi connectivity index (χ2n) is 26.2. The first-order chi connectivity index (χ1) is 49.4. The predicted octanol–water partition coefficient (Wildman–Crippen LogP) is -0.0667. The van der Waals surface area contributed by atoms with Gasteiger partial charge in [0.1, 0.15) is 89.5 Å². The Balaban J connectivity index is 1.28. The van der Waals surface area contributed by atoms with Crippen molar-refractivity contribution in [1.82, 2.24) is 37.2 Å². The van der Waals surface area contributed by atoms with Crippen LogP contribution < -0.4 is 62.9 Å². The molecule has 18 atom stereocenters. The van der Waals surface area contributed by atoms with Crippen molar-refractivity contribution in [3.8, 4) is 57.1 Å². The van der Waals surface area contributed by atoms with E-state index in [9.17, 15) is 78.1 Å². The van der Waals surface area contributed by atoms with E-state index in [1.54, 1.807) is 13.8 Å². The Hall–Kier alpha value is -9.29. The van der Waals surface area contributed by atoms with Crippen LogP contribution in [0.2, 0.25) is 10.0 Å². The SMILES string of the molecule is CNC(CC(C)C)C(=O)NC1C(=O)NC(CC(N)=O)C(=O)NC2C(=O)NC3C(=O)NC(C(=O)NC(C(=O)O)c4cc(O)cc(O)c4-c4c(O)cccc43)C(OS(=O)(=O)O)c3ccc(c(Cl)c3)Oc3cc2cc(c3OC2OC(CO)C(O)C(O)C2OC2CC(C)(N)C(O)C(C)O2)Oc2ccc(cc2Cl)C1O. The number of carboxylic acid groups (broad SMARTS) is 1. The van der Waals surface area contributed by atoms with Crippen LogP contribution in [-0.4, -0.2) is 199 Å². The van der Waals surface area contributed by atoms with Crippen molar-refractivity contribution in [2.24, 2.45) is 17.4 Å². The smallest absolute Gasteiger partial charge is 0.398 e. The number of aromatic hydroxyl groups is 3. The van der Waals surface area contributed by atoms with E-state index in [-0.39, 0.29) is 24.3 Å². The number of carboxylic acids is 1. The van der Waals surface area contributed by atoms with Gasteiger partial charge in [-0.25, -0.2) is 8.98 Å². The minimum absolute atomic E-state index is 0.129. The Morgan fingerprint density at radius 2 is 1.36 bits per heavy atom. The zero-order chi connectivity index (χ0) is 76.7. The Morgan fingerprint density at radius 3 is 1.95 bits per heavy atom. The Labute approximate surface area is 606 Å². The maximum atomic E-state index is 16.2. The second-order valence-corrected chi connectivity index (χ2v) is 28.0. The number of fused-ring (bicyclic) bond motifs is 14. The zero-order valence-corrected chi connectivity index (χ0v) is 58.3. The van der Waals surface area contributed by atoms with Crippen LogP contribution in [0.1, 0.15) is 105 Å². The minimum atomic E-state index is -5.85. The molecule has 39 heteroatoms. The summed E-state index contributed by atoms with van der Waals surface area (Å²) in [6, 6.07) is -2.94. The van der Waals surface area contributed by atoms with Crippen molar-refractivity contribution in [2.75, 3.05) is 13.7 Å². The number of carbonyl (C=O) groups is 8. The number of hydrogen-bond acceptors (Lipinski definition) is 27. The highest BCUT2D eigenvalue weighted by atomic mass is 35.5. The molecule has 0 spiro atoms. The summed E-state index contributed by atoms with van der Waals surface area (Å²) in [5.41, 5.74) is 6.60. The summed E-state index contributed by atoms with van der Waals surface area (Å²) in [5, 5.41) is 119. The van der Waals surface area contributed by atoms with E-state index < -0.39 is 269 Å². The zero-order valence-electron chi connectivity index (χ0n) is 56.0. The lowest BCUT2D eigenvalue weighted by Crippen LogP contribution is -2.64. The molecule has 36 nitrogen and oxygen atoms in total. The van der Waals surface area contributed by atoms with E-state index >= 15 is 19.2 Å². The maximum absolute atomic E-state index is 16.2. The van der Waals surface area contributed by atoms with Crippen molar-refractivity contribution in [2.45, 2.75) is 156 Å². The van der Waals surface area contributed by atoms with Crippen molar-refractivity contribution < 1.29 is 130 Å². The number of benzene rings is 5. The minimum Gasteiger partial charge on any atom is -0.508 e. The standard InChI is InChI=1S/C66H75Cl2N9O27S/c1-23(2)13-33(71-5)58(87)76-49-51(83)25-9-11-37(31(67)14-25)99-39-16-27-17-40(55(39)103-65-56(53(85)52(84)41(22-78)101-65)102-43-21-66(4,70)57(86)24(3)98-43)100-38-12-10-26(15-32(38)68)54(104-105(95,96)97)50-63(92)75-48(64(93)94)30-18-28(79)19-36(81)45(30)44-29(7-6-8-35(44)80)47(61(90)77-50)74-60(89)46(27)73-59(88)34(20-42(69)82)72-62(49)91/h6-12,14-19,23-24,33-34,41,43,46-54,56-57,65,71,78-81,83-86H,13,20-22,70H2,1-5H3,(H2,69,82)(H,72,91)(H,73,88)(H,74,89)(H,75,92)(H,76,87)(H,77,90)(H,93,94)(H,95,96,97). The van der Waals surface area contributed by atoms with Crippen LogP contribution in [0.25, 0.3) is 11.1 Å². The first-order valence-corrected chi connectivity index (χ1v) is 34.4. The van der Waals surface area contributed by atoms with Gasteiger partial charge in [-0.1, -0.05) is 61.3 Å². The highest BCUT2D eigenvalue weighted by Crippen LogP contribution is 2.51. The average molecular weight is 1530 g/mol. The van der Waals surface area contributed by atoms with Gasteiger partial charge in [0.15, 0.2) is 29.9 Å². The number of nitrogens with one attached hydrogen (secondary N) is 7. The Kier molecular flexibility index (Phi) is 23.4. The molecular weight excluding hydrogens is 1450 g/mol. The molecule has 5 aromatic rings. The van der Waals surface area contributed by atoms with Crippen LogP contribution >= 0.6 is 23.2 Å². The number of ether oxygens (including phenoxy) is 6. The summed E-state index contributed by atoms with van der Waals surface area (Å²) in [4.78, 5) is 118. The molecule has 2 saturated heterocycles. The summed E-state index contributed by atoms with van der Waals surface area (Å²) >= 11 is 14.1. The van der Waals surface area contributed by atoms with Gasteiger partial charge < -0.3 is 123 Å². The van der Waals surface area contributed by atoms with Gasteiger partial charge in [-0.3, -0.25) is 38.1 Å². The van der Waals surface area contributed by atoms with Crippen LogP contribution in [0.3, 0.4) is 0 Å². The molecule has 0 radical (unpaired) electrons. The fraction of sp³-hybridized carbons (Fsp3) is 0.424. The van der Waals surface area contributed by atoms with Gasteiger partial charge in [-0.15, -0.1) is 0 Å². The first-order valence-electron chi connectivity index (χ1n) is 32.3. The molecule has 7 heterocycles. The highest BCUT2D eigenvalue weighted by molar-refractivity contribution is 7.80. The number of primary amides is 1. The highest BCUT2D eigenvalue weighted by Gasteiger charge is 2.52. The molecule has 5 aromatic carbocycles. The fourth-order valence-corrected chi connectivity index (χ4v) is 13.8. The van der Waals surface area contributed by atoms with Gasteiger partial charge in [0.05, 0.1) is 41.3 Å². The third kappa shape index (κ3) is 17.0. The lowest BCUT2D eigenvalue weighted by Gasteiger charge is -2.47. The topological polar surface area (TPSA) is 574 Å². The Morgan fingerprint density at radius 1 is 0.743 bits per heavy atom. The van der Waals surface area contributed by atoms with Crippen LogP contribution in [0.5, 0.6) is 46.0 Å². The van der Waals surface area contributed by atoms with E-state index in [2.05, 4.69) is 37.2 Å². The van der Waals surface area contributed by atoms with Gasteiger partial charge in [-0.2, -0.15) is 8.42 Å². The number of rotatable bonds is 15. The number of aliphatic carboxylic acids is 1. The molecule has 21 N–H and O–H groups in total. The number of likely N-dealkylation sites (N-methyl/N-ethyl adjacent to an activating group) is 1. The average Bonchev–Trinajstić information content (AvgIpc) is 1.74. The summed E-state index contributed by atoms with van der Waals surface area (Å²) in [6.07, 6.45) is -19.5. The molecule has 12 rings (SSSR count). The molecule has 0 saturated carbocycles. The quantitative estimate of drug-likeness (QED) is 0.0610. The number of aliphatic hydroxyl groups is 5. The lowest BCUT2D eigenvalue weighted by atomic mass is 9.86. The number of aliphatic hydroxyl groups excluding tert-OH is 5. The molecule has 18 unspecified atom stereocenters. The van der Waals surface area contributed by atoms with Crippen LogP contribution in [0.4, 0.5) is 0 Å². The predicted molar refractivity (Wildman–Crippen MR) is 360 cm³/mol. The van der Waals surface area contributed by atoms with Crippen molar-refractivity contribution >= 4 is 80.9 Å². The van der Waals surface area contributed by atoms with Gasteiger partial charge in [-0.05, 0) is 104 Å². The molecular formula is C66H75Cl2N9O27S. The summed E-state index contributed by atoms with van der Waals surface area (Å²) in [5.74, 6) is -18.0. The number of phenolic OH excluding ortho intramolecular Hbond substituents is 3. The first kappa shape index (κ1) is 78.3. The maximum Gasteiger partial charge on any atom is 0.398 e. The van der Waals surface area contributed by atoms with Crippen LogP contribution in [0, 0.1) is 5.92 Å². The van der Waals surface area contributed by atoms with Crippen LogP contribution in [-0.2, 0) is 67.1 Å². The number of phenols is 3. The van der Waals surface area contributed by atoms with Gasteiger partial charge >= 0.3 is 16.4 Å². The number of nitrogens with two attached hydrogens (primary N) is 2. The van der Waals surface area contributed by atoms with Gasteiger partial charge in [0.25, 0.3) is 0 Å². The van der Waals surface area contributed by atoms with Crippen molar-refractivity contribution in [3.63, 3.8) is 0 Å². The summed E-state index contributed by atoms with van der Waals surface area (Å²) in [7, 11) is -4.41. The third-order valence-electron chi connectivity index (χ3n) is 18.0. The lowest BCUT2D eigenvalue weighted by molar-refractivity contribution is -0.333. The van der Waals surface area contributed by atoms with E-state index in [1.165, 1.54) is 27.0 Å². The van der Waals surface area contributed by atoms with Crippen LogP contribution in [0.15, 0.2) is 78.9 Å². The molecule has 105 heavy (non-hydrogen) atoms. The van der Waals surface area contributed by atoms with Gasteiger partial charge in [0, 0.05) is 34.7 Å². The second kappa shape index (κ2) is 31.4. The summed E-state index contributed by atoms with van der Waals surface area (Å²) < 4.78 is 79.9. The molecule has 0 aliphatic carbocycles. The number of halogens is 2. The number of amides is 7. The third-order valence-corrected chi connectivity index (χ3v) is 19.0. The number of hydrogen-bond donors (Lipinski definition) is 19. The van der Waals surface area contributed by atoms with Crippen molar-refractivity contribution in [1.29, 1.82) is 0 Å². The Bertz CT molecular complexity index is 4370. The van der Waals surface area contributed by atoms with E-state index in [4.69, 9.17) is 67.3 Å². The largest absolute Gasteiger partial charge is 0.508 e.